The molecule has 4 heavy (non-hydrogen) atoms. The SMILES string of the molecule is [CH2-]OC.[Na+]. The largest absolute Gasteiger partial charge is 1.00 e. The van der Waals surface area contributed by atoms with Gasteiger partial charge in [0.2, 0.25) is 0 Å². The summed E-state index contributed by atoms with van der Waals surface area (Å²) in [5, 5.41) is 0. The molecule has 2 heteroatoms. The van der Waals surface area contributed by atoms with Gasteiger partial charge in [0, 0.05) is 0 Å². The van der Waals surface area contributed by atoms with E-state index in [1.807, 2.05) is 0 Å². The van der Waals surface area contributed by atoms with E-state index in [9.17, 15) is 0 Å². The molecule has 0 N–H and O–H groups in total. The summed E-state index contributed by atoms with van der Waals surface area (Å²) >= 11 is 0. The molecular formula is C2H5NaO. The van der Waals surface area contributed by atoms with Crippen molar-refractivity contribution < 1.29 is 34.3 Å². The van der Waals surface area contributed by atoms with Crippen LogP contribution in [-0.2, 0) is 4.74 Å². The van der Waals surface area contributed by atoms with Crippen molar-refractivity contribution >= 4 is 0 Å². The van der Waals surface area contributed by atoms with Crippen LogP contribution in [0.3, 0.4) is 0 Å². The second kappa shape index (κ2) is 9.03. The van der Waals surface area contributed by atoms with Crippen molar-refractivity contribution in [3.05, 3.63) is 7.11 Å². The fourth-order valence-electron chi connectivity index (χ4n) is 0. The second-order valence-corrected chi connectivity index (χ2v) is 0.289. The molecule has 0 atom stereocenters. The molecule has 0 aliphatic carbocycles. The van der Waals surface area contributed by atoms with Gasteiger partial charge in [-0.1, -0.05) is 0 Å². The van der Waals surface area contributed by atoms with Crippen LogP contribution in [-0.4, -0.2) is 7.11 Å². The van der Waals surface area contributed by atoms with Gasteiger partial charge in [0.1, 0.15) is 0 Å². The van der Waals surface area contributed by atoms with Crippen LogP contribution in [0, 0.1) is 7.11 Å². The van der Waals surface area contributed by atoms with Gasteiger partial charge in [0.05, 0.1) is 0 Å². The van der Waals surface area contributed by atoms with Crippen molar-refractivity contribution in [1.82, 2.24) is 0 Å². The van der Waals surface area contributed by atoms with E-state index in [1.54, 1.807) is 0 Å². The standard InChI is InChI=1S/C2H5O.Na/c1-3-2;/h1H2,2H3;/q-1;+1. The summed E-state index contributed by atoms with van der Waals surface area (Å²) in [6, 6.07) is 0. The third-order valence-electron chi connectivity index (χ3n) is 0. The van der Waals surface area contributed by atoms with E-state index in [1.165, 1.54) is 7.11 Å². The Morgan fingerprint density at radius 3 is 1.75 bits per heavy atom. The van der Waals surface area contributed by atoms with E-state index in [2.05, 4.69) is 11.8 Å². The predicted octanol–water partition coefficient (Wildman–Crippen LogP) is -2.57. The van der Waals surface area contributed by atoms with Gasteiger partial charge in [-0.25, -0.2) is 7.11 Å². The van der Waals surface area contributed by atoms with E-state index < -0.39 is 0 Å². The average molecular weight is 68.1 g/mol. The summed E-state index contributed by atoms with van der Waals surface area (Å²) < 4.78 is 4.00. The number of rotatable bonds is 0. The Morgan fingerprint density at radius 1 is 1.75 bits per heavy atom. The normalized spacial score (nSPS) is 4.50. The van der Waals surface area contributed by atoms with Crippen molar-refractivity contribution in [3.8, 4) is 0 Å². The third-order valence-corrected chi connectivity index (χ3v) is 0. The quantitative estimate of drug-likeness (QED) is 0.224. The molecule has 0 saturated carbocycles. The van der Waals surface area contributed by atoms with Crippen LogP contribution in [0.25, 0.3) is 0 Å². The minimum absolute atomic E-state index is 0. The smallest absolute Gasteiger partial charge is 0.557 e. The molecule has 0 aliphatic rings. The first-order valence-corrected chi connectivity index (χ1v) is 0.697. The van der Waals surface area contributed by atoms with Crippen molar-refractivity contribution in [3.63, 3.8) is 0 Å². The molecule has 0 amide bonds. The van der Waals surface area contributed by atoms with Gasteiger partial charge >= 0.3 is 29.6 Å². The van der Waals surface area contributed by atoms with Gasteiger partial charge in [-0.05, 0) is 7.11 Å². The predicted molar refractivity (Wildman–Crippen MR) is 12.4 cm³/mol. The first-order chi connectivity index (χ1) is 1.41. The Balaban J connectivity index is 0. The van der Waals surface area contributed by atoms with Crippen LogP contribution >= 0.6 is 0 Å². The van der Waals surface area contributed by atoms with E-state index in [4.69, 9.17) is 0 Å². The molecule has 0 rings (SSSR count). The first kappa shape index (κ1) is 8.88. The molecule has 0 aromatic rings. The minimum atomic E-state index is 0. The molecule has 0 aromatic carbocycles. The molecule has 0 radical (unpaired) electrons. The zero-order chi connectivity index (χ0) is 2.71. The molecule has 20 valence electrons. The van der Waals surface area contributed by atoms with Crippen LogP contribution in [0.1, 0.15) is 0 Å². The van der Waals surface area contributed by atoms with Crippen LogP contribution in [0.4, 0.5) is 0 Å². The molecule has 0 saturated heterocycles. The Bertz CT molecular complexity index is 6.00. The van der Waals surface area contributed by atoms with Gasteiger partial charge in [-0.3, -0.25) is 0 Å². The number of ether oxygens (including phenoxy) is 1. The molecule has 0 aliphatic heterocycles. The van der Waals surface area contributed by atoms with Crippen LogP contribution in [0.15, 0.2) is 0 Å². The first-order valence-electron chi connectivity index (χ1n) is 0.697. The monoisotopic (exact) mass is 68.0 g/mol. The third kappa shape index (κ3) is 12.3. The topological polar surface area (TPSA) is 9.23 Å². The van der Waals surface area contributed by atoms with Crippen LogP contribution in [0.2, 0.25) is 0 Å². The molecule has 0 spiro atoms. The molecular weight excluding hydrogens is 63.0 g/mol. The molecule has 0 bridgehead atoms. The van der Waals surface area contributed by atoms with Gasteiger partial charge in [0.15, 0.2) is 0 Å². The van der Waals surface area contributed by atoms with Gasteiger partial charge in [-0.15, -0.1) is 0 Å². The average Bonchev–Trinajstić information content (AvgIpc) is 0.918. The van der Waals surface area contributed by atoms with E-state index in [0.717, 1.165) is 0 Å². The maximum atomic E-state index is 4.00. The summed E-state index contributed by atoms with van der Waals surface area (Å²) in [4.78, 5) is 0. The Hall–Kier alpha value is 0.960. The number of hydrogen-bond acceptors (Lipinski definition) is 1. The van der Waals surface area contributed by atoms with E-state index >= 15 is 0 Å². The summed E-state index contributed by atoms with van der Waals surface area (Å²) in [6.45, 7) is 0. The van der Waals surface area contributed by atoms with E-state index in [-0.39, 0.29) is 29.6 Å². The molecule has 0 unspecified atom stereocenters. The maximum absolute atomic E-state index is 4.00. The maximum Gasteiger partial charge on any atom is 1.00 e. The summed E-state index contributed by atoms with van der Waals surface area (Å²) in [5.74, 6) is 0. The molecule has 1 nitrogen and oxygen atoms in total. The van der Waals surface area contributed by atoms with Gasteiger partial charge < -0.3 is 4.74 Å². The molecule has 0 fully saturated rings. The zero-order valence-corrected chi connectivity index (χ0v) is 5.12. The van der Waals surface area contributed by atoms with Crippen molar-refractivity contribution in [1.29, 1.82) is 0 Å². The Labute approximate surface area is 48.6 Å². The van der Waals surface area contributed by atoms with Gasteiger partial charge in [-0.2, -0.15) is 0 Å². The Morgan fingerprint density at radius 2 is 1.75 bits per heavy atom. The summed E-state index contributed by atoms with van der Waals surface area (Å²) in [6.07, 6.45) is 0. The van der Waals surface area contributed by atoms with Crippen LogP contribution in [0.5, 0.6) is 0 Å². The number of hydrogen-bond donors (Lipinski definition) is 0. The zero-order valence-electron chi connectivity index (χ0n) is 3.12. The minimum Gasteiger partial charge on any atom is -0.557 e. The molecule has 0 aromatic heterocycles. The summed E-state index contributed by atoms with van der Waals surface area (Å²) in [5.41, 5.74) is 0. The fraction of sp³-hybridized carbons (Fsp3) is 0.500. The fourth-order valence-corrected chi connectivity index (χ4v) is 0. The second-order valence-electron chi connectivity index (χ2n) is 0.289. The van der Waals surface area contributed by atoms with Gasteiger partial charge in [0.25, 0.3) is 0 Å². The van der Waals surface area contributed by atoms with E-state index in [0.29, 0.717) is 0 Å². The Kier molecular flexibility index (Phi) is 20.0. The van der Waals surface area contributed by atoms with Crippen molar-refractivity contribution in [2.45, 2.75) is 0 Å². The van der Waals surface area contributed by atoms with Crippen LogP contribution < -0.4 is 29.6 Å². The van der Waals surface area contributed by atoms with Crippen molar-refractivity contribution in [2.75, 3.05) is 7.11 Å². The van der Waals surface area contributed by atoms with Crippen molar-refractivity contribution in [2.24, 2.45) is 0 Å². The summed E-state index contributed by atoms with van der Waals surface area (Å²) in [7, 11) is 4.50. The number of methoxy groups -OCH3 is 1. The molecule has 0 heterocycles.